The van der Waals surface area contributed by atoms with Crippen LogP contribution in [0.5, 0.6) is 0 Å². The molecule has 0 unspecified atom stereocenters. The van der Waals surface area contributed by atoms with Gasteiger partial charge in [0.1, 0.15) is 0 Å². The first kappa shape index (κ1) is 21.2. The molecule has 1 fully saturated rings. The zero-order valence-electron chi connectivity index (χ0n) is 14.9. The third kappa shape index (κ3) is 7.81. The first-order valence-corrected chi connectivity index (χ1v) is 8.55. The molecule has 24 heavy (non-hydrogen) atoms. The summed E-state index contributed by atoms with van der Waals surface area (Å²) in [6.45, 7) is 10.7. The van der Waals surface area contributed by atoms with E-state index in [0.717, 1.165) is 58.8 Å². The second-order valence-corrected chi connectivity index (χ2v) is 6.18. The van der Waals surface area contributed by atoms with Gasteiger partial charge in [0.2, 0.25) is 0 Å². The first-order chi connectivity index (χ1) is 11.1. The average molecular weight is 446 g/mol. The molecule has 2 rings (SSSR count). The minimum Gasteiger partial charge on any atom is -0.379 e. The number of guanidine groups is 1. The number of halogens is 1. The van der Waals surface area contributed by atoms with Crippen LogP contribution in [0.15, 0.2) is 23.2 Å². The summed E-state index contributed by atoms with van der Waals surface area (Å²) in [5.74, 6) is 0.553. The Bertz CT molecular complexity index is 516. The van der Waals surface area contributed by atoms with Crippen molar-refractivity contribution in [3.05, 3.63) is 34.9 Å². The van der Waals surface area contributed by atoms with Crippen molar-refractivity contribution in [2.75, 3.05) is 45.9 Å². The number of hydrogen-bond acceptors (Lipinski definition) is 3. The second-order valence-electron chi connectivity index (χ2n) is 6.18. The number of benzene rings is 1. The predicted molar refractivity (Wildman–Crippen MR) is 111 cm³/mol. The predicted octanol–water partition coefficient (Wildman–Crippen LogP) is 2.09. The molecule has 1 aliphatic rings. The minimum atomic E-state index is 0. The van der Waals surface area contributed by atoms with Crippen LogP contribution in [0.2, 0.25) is 0 Å². The number of nitrogens with two attached hydrogens (primary N) is 1. The first-order valence-electron chi connectivity index (χ1n) is 8.55. The quantitative estimate of drug-likeness (QED) is 0.292. The lowest BCUT2D eigenvalue weighted by Gasteiger charge is -2.26. The summed E-state index contributed by atoms with van der Waals surface area (Å²) >= 11 is 0. The maximum Gasteiger partial charge on any atom is 0.188 e. The summed E-state index contributed by atoms with van der Waals surface area (Å²) in [4.78, 5) is 6.82. The van der Waals surface area contributed by atoms with E-state index in [4.69, 9.17) is 10.5 Å². The van der Waals surface area contributed by atoms with E-state index in [2.05, 4.69) is 47.3 Å². The van der Waals surface area contributed by atoms with Gasteiger partial charge < -0.3 is 15.8 Å². The lowest BCUT2D eigenvalue weighted by Crippen LogP contribution is -2.37. The van der Waals surface area contributed by atoms with Gasteiger partial charge in [0.25, 0.3) is 0 Å². The fourth-order valence-corrected chi connectivity index (χ4v) is 2.83. The third-order valence-electron chi connectivity index (χ3n) is 4.22. The van der Waals surface area contributed by atoms with E-state index < -0.39 is 0 Å². The molecule has 0 amide bonds. The number of ether oxygens (including phenoxy) is 1. The Morgan fingerprint density at radius 1 is 1.29 bits per heavy atom. The number of nitrogens with one attached hydrogen (secondary N) is 1. The van der Waals surface area contributed by atoms with Crippen LogP contribution in [0.25, 0.3) is 0 Å². The van der Waals surface area contributed by atoms with Gasteiger partial charge in [-0.1, -0.05) is 23.8 Å². The van der Waals surface area contributed by atoms with Crippen LogP contribution in [0.1, 0.15) is 23.1 Å². The standard InChI is InChI=1S/C18H30N4O.HI/c1-15-4-5-17(16(2)14-15)6-8-21-18(19)20-7-3-9-22-10-12-23-13-11-22;/h4-5,14H,3,6-13H2,1-2H3,(H3,19,20,21);1H. The van der Waals surface area contributed by atoms with Crippen LogP contribution in [0, 0.1) is 13.8 Å². The fourth-order valence-electron chi connectivity index (χ4n) is 2.83. The SMILES string of the molecule is Cc1ccc(CCNC(N)=NCCCN2CCOCC2)c(C)c1.I. The summed E-state index contributed by atoms with van der Waals surface area (Å²) in [7, 11) is 0. The minimum absolute atomic E-state index is 0. The Hall–Kier alpha value is -0.860. The number of hydrogen-bond donors (Lipinski definition) is 2. The van der Waals surface area contributed by atoms with Crippen LogP contribution in [0.3, 0.4) is 0 Å². The maximum atomic E-state index is 5.92. The zero-order valence-corrected chi connectivity index (χ0v) is 17.2. The van der Waals surface area contributed by atoms with Crippen molar-refractivity contribution in [3.63, 3.8) is 0 Å². The van der Waals surface area contributed by atoms with Crippen molar-refractivity contribution in [1.29, 1.82) is 0 Å². The molecule has 5 nitrogen and oxygen atoms in total. The Kier molecular flexibility index (Phi) is 10.3. The largest absolute Gasteiger partial charge is 0.379 e. The molecule has 1 aromatic rings. The molecule has 1 saturated heterocycles. The van der Waals surface area contributed by atoms with E-state index in [-0.39, 0.29) is 24.0 Å². The normalized spacial score (nSPS) is 15.8. The molecular formula is C18H31IN4O. The highest BCUT2D eigenvalue weighted by Crippen LogP contribution is 2.10. The molecule has 0 saturated carbocycles. The Morgan fingerprint density at radius 3 is 2.75 bits per heavy atom. The van der Waals surface area contributed by atoms with Crippen LogP contribution in [0.4, 0.5) is 0 Å². The summed E-state index contributed by atoms with van der Waals surface area (Å²) in [6, 6.07) is 6.58. The van der Waals surface area contributed by atoms with Gasteiger partial charge in [-0.2, -0.15) is 0 Å². The number of morpholine rings is 1. The molecule has 136 valence electrons. The lowest BCUT2D eigenvalue weighted by atomic mass is 10.0. The van der Waals surface area contributed by atoms with Gasteiger partial charge >= 0.3 is 0 Å². The molecule has 0 atom stereocenters. The van der Waals surface area contributed by atoms with Crippen molar-refractivity contribution >= 4 is 29.9 Å². The van der Waals surface area contributed by atoms with Crippen molar-refractivity contribution < 1.29 is 4.74 Å². The number of rotatable bonds is 7. The maximum absolute atomic E-state index is 5.92. The van der Waals surface area contributed by atoms with Crippen molar-refractivity contribution in [2.45, 2.75) is 26.7 Å². The molecule has 0 bridgehead atoms. The van der Waals surface area contributed by atoms with Gasteiger partial charge in [-0.15, -0.1) is 24.0 Å². The highest BCUT2D eigenvalue weighted by molar-refractivity contribution is 14.0. The van der Waals surface area contributed by atoms with Crippen LogP contribution in [-0.2, 0) is 11.2 Å². The molecule has 1 aromatic carbocycles. The monoisotopic (exact) mass is 446 g/mol. The summed E-state index contributed by atoms with van der Waals surface area (Å²) in [5, 5.41) is 3.21. The van der Waals surface area contributed by atoms with Crippen molar-refractivity contribution in [1.82, 2.24) is 10.2 Å². The number of aliphatic imine (C=N–C) groups is 1. The summed E-state index contributed by atoms with van der Waals surface area (Å²) in [6.07, 6.45) is 2.01. The van der Waals surface area contributed by atoms with Crippen molar-refractivity contribution in [3.8, 4) is 0 Å². The van der Waals surface area contributed by atoms with E-state index in [1.807, 2.05) is 0 Å². The van der Waals surface area contributed by atoms with E-state index in [1.165, 1.54) is 16.7 Å². The van der Waals surface area contributed by atoms with E-state index in [1.54, 1.807) is 0 Å². The molecule has 1 aliphatic heterocycles. The summed E-state index contributed by atoms with van der Waals surface area (Å²) < 4.78 is 5.34. The van der Waals surface area contributed by atoms with Gasteiger partial charge in [0.15, 0.2) is 5.96 Å². The fraction of sp³-hybridized carbons (Fsp3) is 0.611. The van der Waals surface area contributed by atoms with Gasteiger partial charge in [-0.3, -0.25) is 9.89 Å². The Balaban J connectivity index is 0.00000288. The molecule has 3 N–H and O–H groups in total. The van der Waals surface area contributed by atoms with Gasteiger partial charge in [0.05, 0.1) is 13.2 Å². The van der Waals surface area contributed by atoms with E-state index in [9.17, 15) is 0 Å². The van der Waals surface area contributed by atoms with Crippen LogP contribution < -0.4 is 11.1 Å². The molecule has 0 spiro atoms. The Labute approximate surface area is 163 Å². The average Bonchev–Trinajstić information content (AvgIpc) is 2.55. The van der Waals surface area contributed by atoms with Gasteiger partial charge in [-0.25, -0.2) is 0 Å². The van der Waals surface area contributed by atoms with Crippen LogP contribution >= 0.6 is 24.0 Å². The third-order valence-corrected chi connectivity index (χ3v) is 4.22. The van der Waals surface area contributed by atoms with Crippen LogP contribution in [-0.4, -0.2) is 56.8 Å². The molecular weight excluding hydrogens is 415 g/mol. The topological polar surface area (TPSA) is 62.9 Å². The van der Waals surface area contributed by atoms with Crippen molar-refractivity contribution in [2.24, 2.45) is 10.7 Å². The molecule has 0 aliphatic carbocycles. The number of nitrogens with zero attached hydrogens (tertiary/aromatic N) is 2. The number of aryl methyl sites for hydroxylation is 2. The van der Waals surface area contributed by atoms with E-state index >= 15 is 0 Å². The highest BCUT2D eigenvalue weighted by atomic mass is 127. The highest BCUT2D eigenvalue weighted by Gasteiger charge is 2.08. The smallest absolute Gasteiger partial charge is 0.188 e. The zero-order chi connectivity index (χ0) is 16.5. The molecule has 1 heterocycles. The summed E-state index contributed by atoms with van der Waals surface area (Å²) in [5.41, 5.74) is 9.94. The van der Waals surface area contributed by atoms with Gasteiger partial charge in [-0.05, 0) is 37.8 Å². The molecule has 0 radical (unpaired) electrons. The second kappa shape index (κ2) is 11.7. The van der Waals surface area contributed by atoms with Gasteiger partial charge in [0, 0.05) is 32.7 Å². The van der Waals surface area contributed by atoms with E-state index in [0.29, 0.717) is 5.96 Å². The molecule has 6 heteroatoms. The lowest BCUT2D eigenvalue weighted by molar-refractivity contribution is 0.0377. The Morgan fingerprint density at radius 2 is 2.04 bits per heavy atom. The molecule has 0 aromatic heterocycles.